The van der Waals surface area contributed by atoms with E-state index in [1.54, 1.807) is 37.3 Å². The minimum absolute atomic E-state index is 0. The molecule has 5 heteroatoms. The Labute approximate surface area is 117 Å². The lowest BCUT2D eigenvalue weighted by atomic mass is 10.1. The van der Waals surface area contributed by atoms with Crippen LogP contribution in [0.3, 0.4) is 0 Å². The molecule has 2 rings (SSSR count). The van der Waals surface area contributed by atoms with Crippen molar-refractivity contribution in [1.29, 1.82) is 0 Å². The van der Waals surface area contributed by atoms with E-state index in [9.17, 15) is 4.39 Å². The molecule has 1 aromatic heterocycles. The van der Waals surface area contributed by atoms with Gasteiger partial charge in [-0.3, -0.25) is 0 Å². The van der Waals surface area contributed by atoms with Gasteiger partial charge in [0.1, 0.15) is 17.3 Å². The Morgan fingerprint density at radius 1 is 1.26 bits per heavy atom. The first-order valence-corrected chi connectivity index (χ1v) is 5.89. The molecule has 0 saturated heterocycles. The normalized spacial score (nSPS) is 11.9. The largest absolute Gasteiger partial charge is 1.00 e. The van der Waals surface area contributed by atoms with Gasteiger partial charge in [0.2, 0.25) is 0 Å². The summed E-state index contributed by atoms with van der Waals surface area (Å²) in [5.41, 5.74) is 0.458. The number of hydrogen-bond donors (Lipinski definition) is 2. The Kier molecular flexibility index (Phi) is 6.02. The highest BCUT2D eigenvalue weighted by Crippen LogP contribution is 2.24. The molecule has 0 fully saturated rings. The maximum Gasteiger partial charge on any atom is 0.137 e. The van der Waals surface area contributed by atoms with Crippen LogP contribution in [0, 0.1) is 5.82 Å². The molecule has 0 radical (unpaired) electrons. The maximum atomic E-state index is 13.5. The predicted octanol–water partition coefficient (Wildman–Crippen LogP) is -0.440. The van der Waals surface area contributed by atoms with Gasteiger partial charge in [-0.05, 0) is 31.2 Å². The van der Waals surface area contributed by atoms with E-state index in [1.807, 2.05) is 0 Å². The maximum absolute atomic E-state index is 13.5. The van der Waals surface area contributed by atoms with Gasteiger partial charge in [0.15, 0.2) is 0 Å². The van der Waals surface area contributed by atoms with Crippen LogP contribution in [0.5, 0.6) is 0 Å². The number of rotatable bonds is 5. The van der Waals surface area contributed by atoms with Crippen LogP contribution in [0.1, 0.15) is 12.7 Å². The lowest BCUT2D eigenvalue weighted by Crippen LogP contribution is -3.00. The van der Waals surface area contributed by atoms with Crippen molar-refractivity contribution in [1.82, 2.24) is 5.32 Å². The molecule has 1 atom stereocenters. The van der Waals surface area contributed by atoms with Crippen molar-refractivity contribution in [3.8, 4) is 11.3 Å². The molecule has 1 aromatic carbocycles. The molecule has 3 nitrogen and oxygen atoms in total. The minimum Gasteiger partial charge on any atom is -1.00 e. The van der Waals surface area contributed by atoms with Crippen molar-refractivity contribution < 1.29 is 26.3 Å². The zero-order valence-corrected chi connectivity index (χ0v) is 11.3. The van der Waals surface area contributed by atoms with Gasteiger partial charge >= 0.3 is 0 Å². The lowest BCUT2D eigenvalue weighted by Gasteiger charge is -2.04. The second-order valence-corrected chi connectivity index (χ2v) is 4.23. The molecule has 104 valence electrons. The van der Waals surface area contributed by atoms with Gasteiger partial charge in [-0.15, -0.1) is 0 Å². The molecule has 19 heavy (non-hydrogen) atoms. The van der Waals surface area contributed by atoms with E-state index >= 15 is 0 Å². The Morgan fingerprint density at radius 3 is 2.68 bits per heavy atom. The Hall–Kier alpha value is -1.36. The number of halogens is 2. The minimum atomic E-state index is -0.397. The van der Waals surface area contributed by atoms with Gasteiger partial charge in [-0.1, -0.05) is 12.1 Å². The molecule has 0 spiro atoms. The number of aliphatic hydroxyl groups excluding tert-OH is 1. The lowest BCUT2D eigenvalue weighted by molar-refractivity contribution is -0.00000717. The van der Waals surface area contributed by atoms with Crippen molar-refractivity contribution in [2.45, 2.75) is 19.6 Å². The quantitative estimate of drug-likeness (QED) is 0.783. The molecule has 0 aliphatic heterocycles. The van der Waals surface area contributed by atoms with Crippen molar-refractivity contribution >= 4 is 0 Å². The second kappa shape index (κ2) is 7.28. The van der Waals surface area contributed by atoms with Gasteiger partial charge in [0, 0.05) is 6.54 Å². The Balaban J connectivity index is 0.00000180. The summed E-state index contributed by atoms with van der Waals surface area (Å²) in [6.07, 6.45) is -0.397. The van der Waals surface area contributed by atoms with Crippen LogP contribution in [-0.2, 0) is 6.54 Å². The molecule has 1 unspecified atom stereocenters. The first-order valence-electron chi connectivity index (χ1n) is 5.89. The summed E-state index contributed by atoms with van der Waals surface area (Å²) in [6, 6.07) is 10.1. The van der Waals surface area contributed by atoms with Crippen LogP contribution >= 0.6 is 0 Å². The fourth-order valence-corrected chi connectivity index (χ4v) is 1.68. The van der Waals surface area contributed by atoms with E-state index < -0.39 is 6.10 Å². The molecule has 2 aromatic rings. The third-order valence-corrected chi connectivity index (χ3v) is 2.54. The molecule has 1 heterocycles. The molecule has 0 bridgehead atoms. The van der Waals surface area contributed by atoms with Crippen LogP contribution < -0.4 is 17.7 Å². The van der Waals surface area contributed by atoms with Crippen LogP contribution in [0.15, 0.2) is 40.8 Å². The average molecular weight is 285 g/mol. The summed E-state index contributed by atoms with van der Waals surface area (Å²) in [4.78, 5) is 0. The number of hydrogen-bond acceptors (Lipinski definition) is 3. The summed E-state index contributed by atoms with van der Waals surface area (Å²) >= 11 is 0. The van der Waals surface area contributed by atoms with Gasteiger partial charge in [0.25, 0.3) is 0 Å². The third-order valence-electron chi connectivity index (χ3n) is 2.54. The highest BCUT2D eigenvalue weighted by atomic mass is 35.5. The van der Waals surface area contributed by atoms with Gasteiger partial charge in [-0.25, -0.2) is 4.39 Å². The first kappa shape index (κ1) is 15.7. The number of benzene rings is 1. The van der Waals surface area contributed by atoms with Gasteiger partial charge in [0.05, 0.1) is 18.2 Å². The highest BCUT2D eigenvalue weighted by molar-refractivity contribution is 5.58. The molecule has 2 N–H and O–H groups in total. The number of furan rings is 1. The SMILES string of the molecule is CC(O)CNCc1ccc(-c2ccccc2F)o1.[Cl-]. The van der Waals surface area contributed by atoms with Crippen LogP contribution in [-0.4, -0.2) is 17.8 Å². The number of nitrogens with one attached hydrogen (secondary N) is 1. The van der Waals surface area contributed by atoms with E-state index in [0.29, 0.717) is 30.2 Å². The number of aliphatic hydroxyl groups is 1. The molecular formula is C14H16ClFNO2-. The summed E-state index contributed by atoms with van der Waals surface area (Å²) < 4.78 is 19.1. The van der Waals surface area contributed by atoms with Crippen molar-refractivity contribution in [3.63, 3.8) is 0 Å². The van der Waals surface area contributed by atoms with Crippen LogP contribution in [0.25, 0.3) is 11.3 Å². The first-order chi connectivity index (χ1) is 8.66. The van der Waals surface area contributed by atoms with E-state index in [-0.39, 0.29) is 18.2 Å². The standard InChI is InChI=1S/C14H16FNO2.ClH/c1-10(17)8-16-9-11-6-7-14(18-11)12-4-2-3-5-13(12)15;/h2-7,10,16-17H,8-9H2,1H3;1H/p-1. The predicted molar refractivity (Wildman–Crippen MR) is 67.5 cm³/mol. The summed E-state index contributed by atoms with van der Waals surface area (Å²) in [6.45, 7) is 2.72. The summed E-state index contributed by atoms with van der Waals surface area (Å²) in [5, 5.41) is 12.2. The van der Waals surface area contributed by atoms with Gasteiger partial charge < -0.3 is 27.2 Å². The fraction of sp³-hybridized carbons (Fsp3) is 0.286. The Morgan fingerprint density at radius 2 is 2.00 bits per heavy atom. The molecular weight excluding hydrogens is 269 g/mol. The summed E-state index contributed by atoms with van der Waals surface area (Å²) in [5.74, 6) is 0.936. The zero-order chi connectivity index (χ0) is 13.0. The molecule has 0 amide bonds. The van der Waals surface area contributed by atoms with E-state index in [4.69, 9.17) is 9.52 Å². The smallest absolute Gasteiger partial charge is 0.137 e. The second-order valence-electron chi connectivity index (χ2n) is 4.23. The van der Waals surface area contributed by atoms with E-state index in [2.05, 4.69) is 5.32 Å². The third kappa shape index (κ3) is 4.35. The molecule has 0 aliphatic rings. The zero-order valence-electron chi connectivity index (χ0n) is 10.6. The van der Waals surface area contributed by atoms with Crippen LogP contribution in [0.4, 0.5) is 4.39 Å². The molecule has 0 saturated carbocycles. The fourth-order valence-electron chi connectivity index (χ4n) is 1.68. The summed E-state index contributed by atoms with van der Waals surface area (Å²) in [7, 11) is 0. The molecule has 0 aliphatic carbocycles. The van der Waals surface area contributed by atoms with Crippen molar-refractivity contribution in [2.75, 3.05) is 6.54 Å². The monoisotopic (exact) mass is 284 g/mol. The van der Waals surface area contributed by atoms with E-state index in [0.717, 1.165) is 0 Å². The highest BCUT2D eigenvalue weighted by Gasteiger charge is 2.08. The van der Waals surface area contributed by atoms with Crippen molar-refractivity contribution in [3.05, 3.63) is 48.0 Å². The topological polar surface area (TPSA) is 45.4 Å². The Bertz CT molecular complexity index is 514. The average Bonchev–Trinajstić information content (AvgIpc) is 2.78. The van der Waals surface area contributed by atoms with Crippen LogP contribution in [0.2, 0.25) is 0 Å². The van der Waals surface area contributed by atoms with Crippen molar-refractivity contribution in [2.24, 2.45) is 0 Å². The van der Waals surface area contributed by atoms with Gasteiger partial charge in [-0.2, -0.15) is 0 Å². The van der Waals surface area contributed by atoms with E-state index in [1.165, 1.54) is 6.07 Å².